The van der Waals surface area contributed by atoms with Crippen LogP contribution in [0.1, 0.15) is 5.82 Å². The molecule has 1 aromatic rings. The van der Waals surface area contributed by atoms with E-state index in [1.54, 1.807) is 0 Å². The normalized spacial score (nSPS) is 10.2. The first-order valence-corrected chi connectivity index (χ1v) is 5.30. The predicted molar refractivity (Wildman–Crippen MR) is 51.4 cm³/mol. The molecule has 66 valence electrons. The minimum atomic E-state index is -0.355. The van der Waals surface area contributed by atoms with Crippen LogP contribution in [0, 0.1) is 0 Å². The second-order valence-electron chi connectivity index (χ2n) is 2.08. The molecule has 0 fully saturated rings. The third-order valence-electron chi connectivity index (χ3n) is 1.18. The topological polar surface area (TPSA) is 66.0 Å². The summed E-state index contributed by atoms with van der Waals surface area (Å²) in [5, 5.41) is 9.12. The van der Waals surface area contributed by atoms with Gasteiger partial charge in [-0.15, -0.1) is 0 Å². The van der Waals surface area contributed by atoms with Crippen molar-refractivity contribution < 1.29 is 5.11 Å². The van der Waals surface area contributed by atoms with E-state index in [1.807, 2.05) is 6.26 Å². The Balaban J connectivity index is 3.13. The molecule has 1 heterocycles. The van der Waals surface area contributed by atoms with Gasteiger partial charge < -0.3 is 10.1 Å². The van der Waals surface area contributed by atoms with Crippen molar-refractivity contribution in [2.75, 3.05) is 6.26 Å². The minimum absolute atomic E-state index is 0.0763. The molecule has 0 aliphatic rings. The van der Waals surface area contributed by atoms with Crippen LogP contribution >= 0.6 is 27.7 Å². The molecule has 4 nitrogen and oxygen atoms in total. The van der Waals surface area contributed by atoms with Crippen LogP contribution in [-0.4, -0.2) is 21.3 Å². The van der Waals surface area contributed by atoms with Crippen molar-refractivity contribution in [2.45, 2.75) is 5.75 Å². The van der Waals surface area contributed by atoms with Gasteiger partial charge in [0.15, 0.2) is 0 Å². The standard InChI is InChI=1S/C6H7BrN2O2S/c1-12-2-3-8-5(10)4(7)6(11)9-3/h2H2,1H3,(H2,8,9,10,11). The molecule has 0 unspecified atom stereocenters. The number of nitrogens with zero attached hydrogens (tertiary/aromatic N) is 1. The summed E-state index contributed by atoms with van der Waals surface area (Å²) in [5.74, 6) is 0.798. The van der Waals surface area contributed by atoms with E-state index >= 15 is 0 Å². The van der Waals surface area contributed by atoms with Crippen LogP contribution < -0.4 is 5.56 Å². The highest BCUT2D eigenvalue weighted by molar-refractivity contribution is 9.10. The average molecular weight is 251 g/mol. The maximum absolute atomic E-state index is 11.0. The van der Waals surface area contributed by atoms with Gasteiger partial charge in [0.2, 0.25) is 5.88 Å². The first-order valence-electron chi connectivity index (χ1n) is 3.11. The van der Waals surface area contributed by atoms with Crippen LogP contribution in [0.4, 0.5) is 0 Å². The van der Waals surface area contributed by atoms with E-state index in [0.717, 1.165) is 0 Å². The van der Waals surface area contributed by atoms with Gasteiger partial charge in [-0.2, -0.15) is 16.7 Å². The Bertz CT molecular complexity index is 339. The van der Waals surface area contributed by atoms with E-state index in [-0.39, 0.29) is 15.9 Å². The van der Waals surface area contributed by atoms with Gasteiger partial charge in [-0.05, 0) is 22.2 Å². The number of nitrogens with one attached hydrogen (secondary N) is 1. The Kier molecular flexibility index (Phi) is 3.16. The highest BCUT2D eigenvalue weighted by atomic mass is 79.9. The molecule has 0 spiro atoms. The van der Waals surface area contributed by atoms with Crippen LogP contribution in [0.25, 0.3) is 0 Å². The summed E-state index contributed by atoms with van der Waals surface area (Å²) in [6.45, 7) is 0. The number of halogens is 1. The van der Waals surface area contributed by atoms with Gasteiger partial charge in [-0.25, -0.2) is 0 Å². The van der Waals surface area contributed by atoms with Crippen molar-refractivity contribution in [2.24, 2.45) is 0 Å². The van der Waals surface area contributed by atoms with Crippen molar-refractivity contribution in [3.8, 4) is 5.88 Å². The maximum atomic E-state index is 11.0. The van der Waals surface area contributed by atoms with Crippen LogP contribution in [0.2, 0.25) is 0 Å². The first kappa shape index (κ1) is 9.60. The number of aromatic hydroxyl groups is 1. The molecule has 0 amide bonds. The number of aromatic amines is 1. The molecular formula is C6H7BrN2O2S. The number of hydrogen-bond acceptors (Lipinski definition) is 4. The largest absolute Gasteiger partial charge is 0.492 e. The van der Waals surface area contributed by atoms with Gasteiger partial charge in [0.05, 0.1) is 5.75 Å². The Morgan fingerprint density at radius 2 is 2.42 bits per heavy atom. The zero-order valence-electron chi connectivity index (χ0n) is 6.30. The summed E-state index contributed by atoms with van der Waals surface area (Å²) in [7, 11) is 0. The quantitative estimate of drug-likeness (QED) is 0.826. The predicted octanol–water partition coefficient (Wildman–Crippen LogP) is 1.10. The van der Waals surface area contributed by atoms with E-state index in [4.69, 9.17) is 5.11 Å². The molecule has 0 bridgehead atoms. The molecule has 0 aliphatic carbocycles. The summed E-state index contributed by atoms with van der Waals surface area (Å²) in [6, 6.07) is 0. The van der Waals surface area contributed by atoms with Crippen molar-refractivity contribution in [1.82, 2.24) is 9.97 Å². The second kappa shape index (κ2) is 3.95. The van der Waals surface area contributed by atoms with Crippen molar-refractivity contribution in [3.05, 3.63) is 20.7 Å². The smallest absolute Gasteiger partial charge is 0.269 e. The van der Waals surface area contributed by atoms with Crippen LogP contribution in [0.15, 0.2) is 9.27 Å². The fraction of sp³-hybridized carbons (Fsp3) is 0.333. The lowest BCUT2D eigenvalue weighted by Crippen LogP contribution is -2.11. The Morgan fingerprint density at radius 3 is 2.92 bits per heavy atom. The molecule has 0 saturated carbocycles. The van der Waals surface area contributed by atoms with E-state index in [0.29, 0.717) is 11.6 Å². The fourth-order valence-electron chi connectivity index (χ4n) is 0.697. The molecule has 0 atom stereocenters. The highest BCUT2D eigenvalue weighted by Crippen LogP contribution is 2.15. The van der Waals surface area contributed by atoms with Crippen molar-refractivity contribution in [3.63, 3.8) is 0 Å². The second-order valence-corrected chi connectivity index (χ2v) is 3.74. The van der Waals surface area contributed by atoms with Gasteiger partial charge in [0.25, 0.3) is 5.56 Å². The molecule has 0 aliphatic heterocycles. The first-order chi connectivity index (χ1) is 5.65. The lowest BCUT2D eigenvalue weighted by atomic mass is 10.6. The number of aromatic nitrogens is 2. The molecule has 2 N–H and O–H groups in total. The lowest BCUT2D eigenvalue weighted by molar-refractivity contribution is 0.444. The van der Waals surface area contributed by atoms with Gasteiger partial charge >= 0.3 is 0 Å². The summed E-state index contributed by atoms with van der Waals surface area (Å²) >= 11 is 4.42. The van der Waals surface area contributed by atoms with Gasteiger partial charge in [-0.3, -0.25) is 4.79 Å². The van der Waals surface area contributed by atoms with Gasteiger partial charge in [0, 0.05) is 0 Å². The third-order valence-corrected chi connectivity index (χ3v) is 2.45. The molecule has 12 heavy (non-hydrogen) atoms. The molecule has 6 heteroatoms. The number of hydrogen-bond donors (Lipinski definition) is 2. The molecular weight excluding hydrogens is 244 g/mol. The monoisotopic (exact) mass is 250 g/mol. The summed E-state index contributed by atoms with van der Waals surface area (Å²) < 4.78 is 0.0763. The molecule has 1 rings (SSSR count). The number of H-pyrrole nitrogens is 1. The lowest BCUT2D eigenvalue weighted by Gasteiger charge is -1.99. The minimum Gasteiger partial charge on any atom is -0.492 e. The molecule has 1 aromatic heterocycles. The van der Waals surface area contributed by atoms with E-state index in [1.165, 1.54) is 11.8 Å². The van der Waals surface area contributed by atoms with E-state index in [2.05, 4.69) is 25.9 Å². The van der Waals surface area contributed by atoms with Crippen LogP contribution in [0.5, 0.6) is 5.88 Å². The summed E-state index contributed by atoms with van der Waals surface area (Å²) in [4.78, 5) is 17.3. The molecule has 0 radical (unpaired) electrons. The van der Waals surface area contributed by atoms with Crippen molar-refractivity contribution in [1.29, 1.82) is 0 Å². The maximum Gasteiger partial charge on any atom is 0.269 e. The Hall–Kier alpha value is -0.490. The zero-order valence-corrected chi connectivity index (χ0v) is 8.70. The Morgan fingerprint density at radius 1 is 1.75 bits per heavy atom. The summed E-state index contributed by atoms with van der Waals surface area (Å²) in [6.07, 6.45) is 1.89. The number of thioether (sulfide) groups is 1. The van der Waals surface area contributed by atoms with E-state index in [9.17, 15) is 4.79 Å². The molecule has 0 aromatic carbocycles. The zero-order chi connectivity index (χ0) is 9.14. The average Bonchev–Trinajstić information content (AvgIpc) is 2.01. The van der Waals surface area contributed by atoms with Crippen LogP contribution in [0.3, 0.4) is 0 Å². The van der Waals surface area contributed by atoms with Gasteiger partial charge in [-0.1, -0.05) is 0 Å². The van der Waals surface area contributed by atoms with Crippen molar-refractivity contribution >= 4 is 27.7 Å². The fourth-order valence-corrected chi connectivity index (χ4v) is 1.30. The third kappa shape index (κ3) is 2.01. The SMILES string of the molecule is CSCc1nc(O)c(Br)c(=O)[nH]1. The summed E-state index contributed by atoms with van der Waals surface area (Å²) in [5.41, 5.74) is -0.355. The highest BCUT2D eigenvalue weighted by Gasteiger charge is 2.06. The van der Waals surface area contributed by atoms with Crippen LogP contribution in [-0.2, 0) is 5.75 Å². The molecule has 0 saturated heterocycles. The Labute approximate surface area is 81.5 Å². The number of rotatable bonds is 2. The van der Waals surface area contributed by atoms with Gasteiger partial charge in [0.1, 0.15) is 10.3 Å². The van der Waals surface area contributed by atoms with E-state index < -0.39 is 0 Å².